The molecule has 9 heteroatoms. The molecule has 0 spiro atoms. The van der Waals surface area contributed by atoms with Crippen LogP contribution in [0, 0.1) is 11.6 Å². The smallest absolute Gasteiger partial charge is 0.343 e. The highest BCUT2D eigenvalue weighted by Gasteiger charge is 2.33. The number of sulfonamides is 1. The number of hydrogen-bond donors (Lipinski definition) is 0. The monoisotopic (exact) mass is 363 g/mol. The van der Waals surface area contributed by atoms with Gasteiger partial charge in [-0.1, -0.05) is 13.8 Å². The third kappa shape index (κ3) is 4.08. The molecule has 6 nitrogen and oxygen atoms in total. The molecule has 134 valence electrons. The van der Waals surface area contributed by atoms with Crippen LogP contribution in [0.2, 0.25) is 0 Å². The minimum absolute atomic E-state index is 0.146. The average molecular weight is 363 g/mol. The van der Waals surface area contributed by atoms with Crippen molar-refractivity contribution in [2.75, 3.05) is 17.2 Å². The first kappa shape index (κ1) is 20.0. The Kier molecular flexibility index (Phi) is 6.82. The first-order valence-electron chi connectivity index (χ1n) is 7.33. The van der Waals surface area contributed by atoms with Crippen LogP contribution in [0.25, 0.3) is 0 Å². The van der Waals surface area contributed by atoms with Crippen molar-refractivity contribution in [3.63, 3.8) is 0 Å². The average Bonchev–Trinajstić information content (AvgIpc) is 2.49. The van der Waals surface area contributed by atoms with Crippen molar-refractivity contribution in [3.05, 3.63) is 29.3 Å². The molecule has 0 aliphatic rings. The first-order chi connectivity index (χ1) is 11.2. The summed E-state index contributed by atoms with van der Waals surface area (Å²) in [5.41, 5.74) is -1.74. The summed E-state index contributed by atoms with van der Waals surface area (Å²) in [5, 5.41) is 0. The molecule has 1 aromatic rings. The number of nitrogens with zero attached hydrogens (tertiary/aromatic N) is 1. The summed E-state index contributed by atoms with van der Waals surface area (Å²) < 4.78 is 57.7. The highest BCUT2D eigenvalue weighted by Crippen LogP contribution is 2.28. The Morgan fingerprint density at radius 3 is 2.29 bits per heavy atom. The van der Waals surface area contributed by atoms with Gasteiger partial charge in [0.2, 0.25) is 15.9 Å². The number of anilines is 1. The summed E-state index contributed by atoms with van der Waals surface area (Å²) in [4.78, 5) is 23.8. The molecule has 0 N–H and O–H groups in total. The van der Waals surface area contributed by atoms with E-state index in [-0.39, 0.29) is 12.8 Å². The number of methoxy groups -OCH3 is 1. The van der Waals surface area contributed by atoms with Gasteiger partial charge in [0.05, 0.1) is 18.6 Å². The van der Waals surface area contributed by atoms with Crippen molar-refractivity contribution in [2.24, 2.45) is 0 Å². The predicted octanol–water partition coefficient (Wildman–Crippen LogP) is 2.62. The Balaban J connectivity index is 3.61. The van der Waals surface area contributed by atoms with Crippen LogP contribution in [0.5, 0.6) is 0 Å². The lowest BCUT2D eigenvalue weighted by atomic mass is 10.1. The lowest BCUT2D eigenvalue weighted by Crippen LogP contribution is -2.39. The number of benzene rings is 1. The van der Waals surface area contributed by atoms with E-state index in [1.807, 2.05) is 0 Å². The molecule has 0 unspecified atom stereocenters. The normalized spacial score (nSPS) is 11.2. The fraction of sp³-hybridized carbons (Fsp3) is 0.467. The zero-order valence-corrected chi connectivity index (χ0v) is 14.5. The van der Waals surface area contributed by atoms with Gasteiger partial charge in [0.1, 0.15) is 11.4 Å². The summed E-state index contributed by atoms with van der Waals surface area (Å²) in [6.45, 7) is 3.24. The van der Waals surface area contributed by atoms with E-state index in [2.05, 4.69) is 4.74 Å². The van der Waals surface area contributed by atoms with Crippen LogP contribution in [0.3, 0.4) is 0 Å². The zero-order valence-electron chi connectivity index (χ0n) is 13.6. The number of rotatable bonds is 7. The molecule has 1 rings (SSSR count). The summed E-state index contributed by atoms with van der Waals surface area (Å²) in [6.07, 6.45) is 0.391. The maximum atomic E-state index is 14.6. The van der Waals surface area contributed by atoms with E-state index in [0.717, 1.165) is 19.2 Å². The number of amides is 1. The second kappa shape index (κ2) is 8.18. The molecule has 1 aromatic carbocycles. The van der Waals surface area contributed by atoms with E-state index in [4.69, 9.17) is 0 Å². The van der Waals surface area contributed by atoms with Crippen molar-refractivity contribution in [1.29, 1.82) is 0 Å². The zero-order chi connectivity index (χ0) is 18.5. The molecule has 0 aliphatic carbocycles. The van der Waals surface area contributed by atoms with Crippen LogP contribution >= 0.6 is 0 Å². The molecule has 0 saturated heterocycles. The van der Waals surface area contributed by atoms with E-state index in [9.17, 15) is 26.8 Å². The molecule has 0 aromatic heterocycles. The Bertz CT molecular complexity index is 734. The fourth-order valence-electron chi connectivity index (χ4n) is 2.09. The molecule has 0 fully saturated rings. The minimum atomic E-state index is -4.16. The summed E-state index contributed by atoms with van der Waals surface area (Å²) in [5.74, 6) is -5.22. The van der Waals surface area contributed by atoms with Gasteiger partial charge in [-0.3, -0.25) is 4.79 Å². The maximum absolute atomic E-state index is 14.6. The summed E-state index contributed by atoms with van der Waals surface area (Å²) >= 11 is 0. The largest absolute Gasteiger partial charge is 0.465 e. The van der Waals surface area contributed by atoms with Crippen LogP contribution in [0.4, 0.5) is 14.5 Å². The van der Waals surface area contributed by atoms with Crippen LogP contribution in [-0.4, -0.2) is 33.2 Å². The van der Waals surface area contributed by atoms with Gasteiger partial charge in [-0.2, -0.15) is 0 Å². The van der Waals surface area contributed by atoms with Gasteiger partial charge in [-0.15, -0.1) is 0 Å². The highest BCUT2D eigenvalue weighted by molar-refractivity contribution is 7.93. The Labute approximate surface area is 139 Å². The number of esters is 1. The van der Waals surface area contributed by atoms with Crippen molar-refractivity contribution in [1.82, 2.24) is 0 Å². The topological polar surface area (TPSA) is 80.8 Å². The standard InChI is InChI=1S/C15H19F2NO5S/c1-4-6-12(19)18(24(21,22)9-5-2)11-8-7-10(16)13(14(11)17)15(20)23-3/h7-8H,4-6,9H2,1-3H3. The van der Waals surface area contributed by atoms with E-state index in [0.29, 0.717) is 10.7 Å². The van der Waals surface area contributed by atoms with Gasteiger partial charge in [0, 0.05) is 6.42 Å². The lowest BCUT2D eigenvalue weighted by Gasteiger charge is -2.23. The second-order valence-corrected chi connectivity index (χ2v) is 6.91. The molecule has 24 heavy (non-hydrogen) atoms. The van der Waals surface area contributed by atoms with Crippen molar-refractivity contribution >= 4 is 27.6 Å². The highest BCUT2D eigenvalue weighted by atomic mass is 32.2. The summed E-state index contributed by atoms with van der Waals surface area (Å²) in [6, 6.07) is 1.54. The molecule has 1 amide bonds. The molecular weight excluding hydrogens is 344 g/mol. The van der Waals surface area contributed by atoms with Crippen LogP contribution in [-0.2, 0) is 19.6 Å². The number of hydrogen-bond acceptors (Lipinski definition) is 5. The molecule has 0 bridgehead atoms. The number of carbonyl (C=O) groups is 2. The SMILES string of the molecule is CCCC(=O)N(c1ccc(F)c(C(=O)OC)c1F)S(=O)(=O)CCC. The van der Waals surface area contributed by atoms with E-state index in [1.165, 1.54) is 0 Å². The van der Waals surface area contributed by atoms with Crippen molar-refractivity contribution in [2.45, 2.75) is 33.1 Å². The van der Waals surface area contributed by atoms with E-state index in [1.54, 1.807) is 13.8 Å². The van der Waals surface area contributed by atoms with Crippen LogP contribution in [0.1, 0.15) is 43.5 Å². The molecule has 0 aliphatic heterocycles. The molecule has 0 atom stereocenters. The summed E-state index contributed by atoms with van der Waals surface area (Å²) in [7, 11) is -3.23. The Hall–Kier alpha value is -2.03. The van der Waals surface area contributed by atoms with Gasteiger partial charge >= 0.3 is 5.97 Å². The molecule has 0 heterocycles. The molecule has 0 saturated carbocycles. The van der Waals surface area contributed by atoms with Gasteiger partial charge in [-0.05, 0) is 25.0 Å². The fourth-order valence-corrected chi connectivity index (χ4v) is 3.63. The number of halogens is 2. The molecule has 0 radical (unpaired) electrons. The van der Waals surface area contributed by atoms with Gasteiger partial charge < -0.3 is 4.74 Å². The second-order valence-electron chi connectivity index (χ2n) is 4.97. The van der Waals surface area contributed by atoms with Gasteiger partial charge in [0.15, 0.2) is 5.82 Å². The Morgan fingerprint density at radius 1 is 1.17 bits per heavy atom. The third-order valence-corrected chi connectivity index (χ3v) is 4.99. The van der Waals surface area contributed by atoms with Gasteiger partial charge in [-0.25, -0.2) is 26.3 Å². The first-order valence-corrected chi connectivity index (χ1v) is 8.94. The van der Waals surface area contributed by atoms with Crippen LogP contribution < -0.4 is 4.31 Å². The predicted molar refractivity (Wildman–Crippen MR) is 84.2 cm³/mol. The van der Waals surface area contributed by atoms with E-state index >= 15 is 0 Å². The minimum Gasteiger partial charge on any atom is -0.465 e. The lowest BCUT2D eigenvalue weighted by molar-refractivity contribution is -0.117. The van der Waals surface area contributed by atoms with E-state index < -0.39 is 50.5 Å². The van der Waals surface area contributed by atoms with Crippen molar-refractivity contribution < 1.29 is 31.5 Å². The van der Waals surface area contributed by atoms with Crippen LogP contribution in [0.15, 0.2) is 12.1 Å². The Morgan fingerprint density at radius 2 is 1.79 bits per heavy atom. The quantitative estimate of drug-likeness (QED) is 0.696. The third-order valence-electron chi connectivity index (χ3n) is 3.11. The molecular formula is C15H19F2NO5S. The number of carbonyl (C=O) groups excluding carboxylic acids is 2. The van der Waals surface area contributed by atoms with Gasteiger partial charge in [0.25, 0.3) is 0 Å². The van der Waals surface area contributed by atoms with Crippen molar-refractivity contribution in [3.8, 4) is 0 Å². The maximum Gasteiger partial charge on any atom is 0.343 e. The number of ether oxygens (including phenoxy) is 1.